The quantitative estimate of drug-likeness (QED) is 0.603. The van der Waals surface area contributed by atoms with Crippen molar-refractivity contribution in [3.05, 3.63) is 33.9 Å². The van der Waals surface area contributed by atoms with Crippen LogP contribution in [0.25, 0.3) is 0 Å². The van der Waals surface area contributed by atoms with Gasteiger partial charge in [0.05, 0.1) is 4.92 Å². The van der Waals surface area contributed by atoms with Crippen LogP contribution in [-0.2, 0) is 4.79 Å². The van der Waals surface area contributed by atoms with Crippen LogP contribution in [0, 0.1) is 10.1 Å². The number of hydrogen-bond acceptors (Lipinski definition) is 5. The van der Waals surface area contributed by atoms with Crippen LogP contribution in [-0.4, -0.2) is 40.7 Å². The molecule has 0 bridgehead atoms. The predicted molar refractivity (Wildman–Crippen MR) is 69.2 cm³/mol. The van der Waals surface area contributed by atoms with Crippen molar-refractivity contribution in [1.29, 1.82) is 0 Å². The number of rotatable bonds is 6. The highest BCUT2D eigenvalue weighted by atomic mass is 19.4. The average Bonchev–Trinajstić information content (AvgIpc) is 2.43. The molecule has 0 aliphatic rings. The zero-order chi connectivity index (χ0) is 17.8. The highest BCUT2D eigenvalue weighted by molar-refractivity contribution is 6.00. The minimum Gasteiger partial charge on any atom is -0.484 e. The third kappa shape index (κ3) is 5.45. The number of aliphatic carboxylic acids is 1. The third-order valence-electron chi connectivity index (χ3n) is 2.53. The molecule has 8 nitrogen and oxygen atoms in total. The summed E-state index contributed by atoms with van der Waals surface area (Å²) in [4.78, 5) is 32.5. The summed E-state index contributed by atoms with van der Waals surface area (Å²) in [5.74, 6) is -2.92. The lowest BCUT2D eigenvalue weighted by Gasteiger charge is -2.12. The monoisotopic (exact) mass is 336 g/mol. The van der Waals surface area contributed by atoms with E-state index in [2.05, 4.69) is 4.74 Å². The van der Waals surface area contributed by atoms with Gasteiger partial charge in [-0.3, -0.25) is 19.7 Å². The van der Waals surface area contributed by atoms with E-state index in [9.17, 15) is 32.9 Å². The smallest absolute Gasteiger partial charge is 0.422 e. The van der Waals surface area contributed by atoms with E-state index in [4.69, 9.17) is 5.11 Å². The van der Waals surface area contributed by atoms with Crippen molar-refractivity contribution in [3.63, 3.8) is 0 Å². The molecule has 1 amide bonds. The van der Waals surface area contributed by atoms with Crippen LogP contribution in [0.15, 0.2) is 18.2 Å². The molecule has 126 valence electrons. The van der Waals surface area contributed by atoms with Crippen molar-refractivity contribution in [1.82, 2.24) is 5.32 Å². The SMILES string of the molecule is CC(NC(=O)c1cc(OCC(F)(F)F)ccc1[N+](=O)[O-])C(=O)O. The van der Waals surface area contributed by atoms with Crippen LogP contribution in [0.5, 0.6) is 5.75 Å². The number of halogens is 3. The van der Waals surface area contributed by atoms with Crippen LogP contribution in [0.4, 0.5) is 18.9 Å². The molecule has 0 aliphatic heterocycles. The number of benzene rings is 1. The molecule has 0 saturated heterocycles. The van der Waals surface area contributed by atoms with Gasteiger partial charge in [0.25, 0.3) is 11.6 Å². The number of carbonyl (C=O) groups is 2. The molecule has 0 saturated carbocycles. The molecule has 0 aliphatic carbocycles. The number of alkyl halides is 3. The predicted octanol–water partition coefficient (Wildman–Crippen LogP) is 1.74. The van der Waals surface area contributed by atoms with Crippen LogP contribution in [0.3, 0.4) is 0 Å². The molecule has 0 heterocycles. The van der Waals surface area contributed by atoms with Crippen LogP contribution in [0.1, 0.15) is 17.3 Å². The van der Waals surface area contributed by atoms with Crippen molar-refractivity contribution in [2.45, 2.75) is 19.1 Å². The first-order valence-electron chi connectivity index (χ1n) is 6.03. The summed E-state index contributed by atoms with van der Waals surface area (Å²) in [5.41, 5.74) is -1.30. The zero-order valence-corrected chi connectivity index (χ0v) is 11.6. The molecule has 0 radical (unpaired) electrons. The van der Waals surface area contributed by atoms with Gasteiger partial charge in [-0.25, -0.2) is 0 Å². The number of nitrogens with zero attached hydrogens (tertiary/aromatic N) is 1. The fourth-order valence-electron chi connectivity index (χ4n) is 1.45. The largest absolute Gasteiger partial charge is 0.484 e. The highest BCUT2D eigenvalue weighted by Crippen LogP contribution is 2.26. The van der Waals surface area contributed by atoms with E-state index in [1.54, 1.807) is 0 Å². The molecule has 0 aromatic heterocycles. The lowest BCUT2D eigenvalue weighted by molar-refractivity contribution is -0.385. The third-order valence-corrected chi connectivity index (χ3v) is 2.53. The summed E-state index contributed by atoms with van der Waals surface area (Å²) in [5, 5.41) is 21.5. The number of carbonyl (C=O) groups excluding carboxylic acids is 1. The molecule has 1 aromatic rings. The Labute approximate surface area is 127 Å². The normalized spacial score (nSPS) is 12.3. The Hall–Kier alpha value is -2.85. The van der Waals surface area contributed by atoms with Crippen molar-refractivity contribution in [3.8, 4) is 5.75 Å². The van der Waals surface area contributed by atoms with E-state index >= 15 is 0 Å². The van der Waals surface area contributed by atoms with Crippen molar-refractivity contribution >= 4 is 17.6 Å². The number of carboxylic acids is 1. The van der Waals surface area contributed by atoms with E-state index in [1.807, 2.05) is 5.32 Å². The second kappa shape index (κ2) is 6.94. The number of nitro groups is 1. The lowest BCUT2D eigenvalue weighted by Crippen LogP contribution is -2.38. The van der Waals surface area contributed by atoms with Gasteiger partial charge < -0.3 is 15.2 Å². The van der Waals surface area contributed by atoms with Gasteiger partial charge in [-0.15, -0.1) is 0 Å². The molecule has 23 heavy (non-hydrogen) atoms. The number of amides is 1. The van der Waals surface area contributed by atoms with E-state index in [-0.39, 0.29) is 0 Å². The maximum absolute atomic E-state index is 12.1. The Kier molecular flexibility index (Phi) is 5.49. The van der Waals surface area contributed by atoms with E-state index in [0.29, 0.717) is 0 Å². The Balaban J connectivity index is 3.08. The Morgan fingerprint density at radius 3 is 2.52 bits per heavy atom. The van der Waals surface area contributed by atoms with E-state index in [0.717, 1.165) is 25.1 Å². The molecule has 1 atom stereocenters. The zero-order valence-electron chi connectivity index (χ0n) is 11.6. The lowest BCUT2D eigenvalue weighted by atomic mass is 10.1. The summed E-state index contributed by atoms with van der Waals surface area (Å²) >= 11 is 0. The van der Waals surface area contributed by atoms with Gasteiger partial charge in [-0.05, 0) is 19.1 Å². The molecule has 0 fully saturated rings. The summed E-state index contributed by atoms with van der Waals surface area (Å²) in [6.45, 7) is -0.520. The molecule has 1 rings (SSSR count). The minimum absolute atomic E-state index is 0.416. The van der Waals surface area contributed by atoms with Crippen LogP contribution < -0.4 is 10.1 Å². The van der Waals surface area contributed by atoms with Gasteiger partial charge in [0.15, 0.2) is 6.61 Å². The molecule has 1 unspecified atom stereocenters. The average molecular weight is 336 g/mol. The molecule has 2 N–H and O–H groups in total. The fraction of sp³-hybridized carbons (Fsp3) is 0.333. The second-order valence-corrected chi connectivity index (χ2v) is 4.37. The van der Waals surface area contributed by atoms with Crippen LogP contribution in [0.2, 0.25) is 0 Å². The van der Waals surface area contributed by atoms with Crippen molar-refractivity contribution in [2.75, 3.05) is 6.61 Å². The summed E-state index contributed by atoms with van der Waals surface area (Å²) in [6.07, 6.45) is -4.62. The van der Waals surface area contributed by atoms with Gasteiger partial charge in [0.1, 0.15) is 17.4 Å². The number of ether oxygens (including phenoxy) is 1. The number of hydrogen-bond donors (Lipinski definition) is 2. The molecule has 11 heteroatoms. The topological polar surface area (TPSA) is 119 Å². The number of nitrogens with one attached hydrogen (secondary N) is 1. The Morgan fingerprint density at radius 1 is 1.43 bits per heavy atom. The van der Waals surface area contributed by atoms with Crippen molar-refractivity contribution < 1.29 is 37.5 Å². The first-order valence-corrected chi connectivity index (χ1v) is 6.03. The first-order chi connectivity index (χ1) is 10.5. The summed E-state index contributed by atoms with van der Waals surface area (Å²) < 4.78 is 40.7. The van der Waals surface area contributed by atoms with Gasteiger partial charge in [0.2, 0.25) is 0 Å². The van der Waals surface area contributed by atoms with Gasteiger partial charge in [-0.1, -0.05) is 0 Å². The second-order valence-electron chi connectivity index (χ2n) is 4.37. The molecule has 1 aromatic carbocycles. The summed E-state index contributed by atoms with van der Waals surface area (Å²) in [6, 6.07) is 1.10. The van der Waals surface area contributed by atoms with E-state index < -0.39 is 52.6 Å². The molecular weight excluding hydrogens is 325 g/mol. The maximum atomic E-state index is 12.1. The standard InChI is InChI=1S/C12H11F3N2O6/c1-6(11(19)20)16-10(18)8-4-7(23-5-12(13,14)15)2-3-9(8)17(21)22/h2-4,6H,5H2,1H3,(H,16,18)(H,19,20). The maximum Gasteiger partial charge on any atom is 0.422 e. The van der Waals surface area contributed by atoms with E-state index in [1.165, 1.54) is 0 Å². The fourth-order valence-corrected chi connectivity index (χ4v) is 1.45. The number of carboxylic acid groups (broad SMARTS) is 1. The van der Waals surface area contributed by atoms with Gasteiger partial charge in [-0.2, -0.15) is 13.2 Å². The van der Waals surface area contributed by atoms with Gasteiger partial charge >= 0.3 is 12.1 Å². The van der Waals surface area contributed by atoms with Crippen LogP contribution >= 0.6 is 0 Å². The van der Waals surface area contributed by atoms with Gasteiger partial charge in [0, 0.05) is 6.07 Å². The Bertz CT molecular complexity index is 632. The molecule has 0 spiro atoms. The molecular formula is C12H11F3N2O6. The van der Waals surface area contributed by atoms with Crippen molar-refractivity contribution in [2.24, 2.45) is 0 Å². The highest BCUT2D eigenvalue weighted by Gasteiger charge is 2.29. The number of nitro benzene ring substituents is 1. The minimum atomic E-state index is -4.62. The Morgan fingerprint density at radius 2 is 2.04 bits per heavy atom. The summed E-state index contributed by atoms with van der Waals surface area (Å²) in [7, 11) is 0. The first kappa shape index (κ1) is 18.2.